The Hall–Kier alpha value is -2.34. The van der Waals surface area contributed by atoms with Crippen LogP contribution in [-0.4, -0.2) is 21.8 Å². The van der Waals surface area contributed by atoms with Crippen molar-refractivity contribution in [3.8, 4) is 11.1 Å². The largest absolute Gasteiger partial charge is 0.0622 e. The molecule has 3 atom stereocenters. The van der Waals surface area contributed by atoms with Gasteiger partial charge in [-0.25, -0.2) is 0 Å². The van der Waals surface area contributed by atoms with Gasteiger partial charge >= 0.3 is 222 Å². The average molecular weight is 850 g/mol. The quantitative estimate of drug-likeness (QED) is 0.183. The topological polar surface area (TPSA) is 12.0 Å². The second-order valence-corrected chi connectivity index (χ2v) is 46.1. The average Bonchev–Trinajstić information content (AvgIpc) is 3.27. The van der Waals surface area contributed by atoms with Crippen molar-refractivity contribution in [1.29, 1.82) is 0 Å². The van der Waals surface area contributed by atoms with E-state index in [-0.39, 0.29) is 5.54 Å². The second kappa shape index (κ2) is 13.9. The van der Waals surface area contributed by atoms with E-state index in [4.69, 9.17) is 0 Å². The summed E-state index contributed by atoms with van der Waals surface area (Å²) in [4.78, 5) is 0. The van der Waals surface area contributed by atoms with E-state index < -0.39 is 35.5 Å². The molecule has 9 rings (SSSR count). The molecule has 5 aliphatic rings. The molecule has 0 aromatic heterocycles. The first-order valence-electron chi connectivity index (χ1n) is 17.7. The molecule has 0 heterocycles. The Kier molecular flexibility index (Phi) is 9.80. The summed E-state index contributed by atoms with van der Waals surface area (Å²) in [7, 11) is -2.18. The van der Waals surface area contributed by atoms with E-state index in [0.717, 1.165) is 19.3 Å². The summed E-state index contributed by atoms with van der Waals surface area (Å²) < 4.78 is 25.7. The van der Waals surface area contributed by atoms with Gasteiger partial charge in [-0.3, -0.25) is 0 Å². The third-order valence-corrected chi connectivity index (χ3v) is 56.3. The summed E-state index contributed by atoms with van der Waals surface area (Å²) in [6, 6.07) is 43.8. The first-order chi connectivity index (χ1) is 22.7. The molecule has 0 amide bonds. The minimum absolute atomic E-state index is 0.0470. The zero-order valence-corrected chi connectivity index (χ0v) is 34.5. The molecule has 0 aliphatic heterocycles. The third kappa shape index (κ3) is 6.92. The molecular formula is C43H49FGeHfN. The monoisotopic (exact) mass is 852 g/mol. The molecule has 4 saturated carbocycles. The van der Waals surface area contributed by atoms with Crippen molar-refractivity contribution >= 4 is 19.4 Å². The number of hydrogen-bond acceptors (Lipinski definition) is 1. The van der Waals surface area contributed by atoms with Gasteiger partial charge in [0.2, 0.25) is 0 Å². The van der Waals surface area contributed by atoms with Crippen molar-refractivity contribution in [1.82, 2.24) is 3.30 Å². The van der Waals surface area contributed by atoms with Gasteiger partial charge in [-0.2, -0.15) is 0 Å². The van der Waals surface area contributed by atoms with Crippen LogP contribution >= 0.6 is 0 Å². The summed E-state index contributed by atoms with van der Waals surface area (Å²) in [5.74, 6) is 1.73. The zero-order valence-electron chi connectivity index (χ0n) is 28.5. The van der Waals surface area contributed by atoms with Gasteiger partial charge in [-0.05, 0) is 11.1 Å². The van der Waals surface area contributed by atoms with Crippen molar-refractivity contribution in [3.05, 3.63) is 141 Å². The fourth-order valence-electron chi connectivity index (χ4n) is 9.75. The number of rotatable bonds is 7. The van der Waals surface area contributed by atoms with Crippen LogP contribution in [-0.2, 0) is 19.2 Å². The smallest absolute Gasteiger partial charge is 0.0184 e. The van der Waals surface area contributed by atoms with E-state index in [1.807, 2.05) is 15.5 Å². The summed E-state index contributed by atoms with van der Waals surface area (Å²) in [6.07, 6.45) is 6.13. The number of halogens is 1. The maximum atomic E-state index is 16.1. The molecule has 0 saturated heterocycles. The molecule has 5 aliphatic carbocycles. The number of alkyl halides is 1. The second-order valence-electron chi connectivity index (χ2n) is 15.0. The third-order valence-electron chi connectivity index (χ3n) is 11.8. The van der Waals surface area contributed by atoms with Crippen molar-refractivity contribution in [3.63, 3.8) is 0 Å². The molecule has 3 unspecified atom stereocenters. The van der Waals surface area contributed by atoms with Crippen molar-refractivity contribution < 1.29 is 23.6 Å². The zero-order chi connectivity index (χ0) is 32.6. The normalized spacial score (nSPS) is 27.7. The molecule has 4 fully saturated rings. The summed E-state index contributed by atoms with van der Waals surface area (Å²) in [5, 5.41) is 0. The maximum Gasteiger partial charge on any atom is -0.0184 e. The molecule has 0 radical (unpaired) electrons. The number of benzene rings is 4. The molecule has 4 aromatic carbocycles. The number of allylic oxidation sites excluding steroid dienone is 4. The first-order valence-corrected chi connectivity index (χ1v) is 35.7. The molecule has 47 heavy (non-hydrogen) atoms. The first kappa shape index (κ1) is 33.2. The van der Waals surface area contributed by atoms with Crippen molar-refractivity contribution in [2.75, 3.05) is 0 Å². The Bertz CT molecular complexity index is 1650. The van der Waals surface area contributed by atoms with E-state index in [2.05, 4.69) is 140 Å². The van der Waals surface area contributed by atoms with Crippen LogP contribution in [0.4, 0.5) is 4.39 Å². The van der Waals surface area contributed by atoms with Gasteiger partial charge in [-0.15, -0.1) is 0 Å². The molecule has 4 heteroatoms. The fraction of sp³-hybridized carbons (Fsp3) is 0.349. The van der Waals surface area contributed by atoms with E-state index in [0.29, 0.717) is 17.8 Å². The maximum absolute atomic E-state index is 16.1. The van der Waals surface area contributed by atoms with Crippen LogP contribution in [0.25, 0.3) is 11.1 Å². The van der Waals surface area contributed by atoms with Gasteiger partial charge in [0, 0.05) is 0 Å². The van der Waals surface area contributed by atoms with Crippen LogP contribution in [0.15, 0.2) is 141 Å². The molecule has 4 aromatic rings. The predicted octanol–water partition coefficient (Wildman–Crippen LogP) is 9.32. The van der Waals surface area contributed by atoms with Crippen LogP contribution in [0.3, 0.4) is 0 Å². The minimum Gasteiger partial charge on any atom is -0.0622 e. The van der Waals surface area contributed by atoms with Crippen LogP contribution in [0.1, 0.15) is 66.2 Å². The summed E-state index contributed by atoms with van der Waals surface area (Å²) >= 11 is -2.67. The van der Waals surface area contributed by atoms with E-state index in [9.17, 15) is 0 Å². The Morgan fingerprint density at radius 1 is 0.638 bits per heavy atom. The molecule has 0 spiro atoms. The van der Waals surface area contributed by atoms with Crippen LogP contribution in [0, 0.1) is 17.8 Å². The molecule has 1 nitrogen and oxygen atoms in total. The summed E-state index contributed by atoms with van der Waals surface area (Å²) in [6.45, 7) is 9.55. The van der Waals surface area contributed by atoms with Crippen molar-refractivity contribution in [2.45, 2.75) is 77.4 Å². The van der Waals surface area contributed by atoms with Gasteiger partial charge in [0.25, 0.3) is 0 Å². The molecule has 4 bridgehead atoms. The van der Waals surface area contributed by atoms with E-state index >= 15 is 4.39 Å². The Morgan fingerprint density at radius 2 is 1.09 bits per heavy atom. The number of hydrogen-bond donors (Lipinski definition) is 1. The van der Waals surface area contributed by atoms with Crippen LogP contribution < -0.4 is 12.1 Å². The van der Waals surface area contributed by atoms with E-state index in [1.54, 1.807) is 19.9 Å². The van der Waals surface area contributed by atoms with Gasteiger partial charge in [0.15, 0.2) is 0 Å². The summed E-state index contributed by atoms with van der Waals surface area (Å²) in [5.41, 5.74) is 6.35. The Balaban J connectivity index is 0.000000245. The van der Waals surface area contributed by atoms with Gasteiger partial charge in [0.05, 0.1) is 0 Å². The standard InChI is InChI=1S/C12H11Ge.C12H10.C10H15FN.C9H13.Hf/c1-3-7-11(8-4-1)13-12-9-5-2-6-10-12;1-3-7-11(8-4-1)12-9-5-2-6-10-12;11-9-2-7-1-8(3-9)5-10(12,4-7)6-9;1-6-5-7(2)9(4)8(6)3;/h1-10,13H;1-10H;7-8,12H,1-6H2;6H,1-4H3;/q;;-1;;+1. The Labute approximate surface area is 292 Å². The van der Waals surface area contributed by atoms with Gasteiger partial charge < -0.3 is 0 Å². The molecule has 241 valence electrons. The molecular weight excluding hydrogens is 801 g/mol. The minimum atomic E-state index is -2.67. The van der Waals surface area contributed by atoms with E-state index in [1.165, 1.54) is 36.0 Å². The number of nitrogens with one attached hydrogen (secondary N) is 1. The van der Waals surface area contributed by atoms with Crippen LogP contribution in [0.5, 0.6) is 0 Å². The van der Waals surface area contributed by atoms with Crippen molar-refractivity contribution in [2.24, 2.45) is 17.8 Å². The molecule has 1 N–H and O–H groups in total. The Morgan fingerprint density at radius 3 is 1.49 bits per heavy atom. The predicted molar refractivity (Wildman–Crippen MR) is 196 cm³/mol. The van der Waals surface area contributed by atoms with Gasteiger partial charge in [-0.1, -0.05) is 60.7 Å². The van der Waals surface area contributed by atoms with Crippen LogP contribution in [0.2, 0.25) is 0 Å². The van der Waals surface area contributed by atoms with Gasteiger partial charge in [0.1, 0.15) is 0 Å². The fourth-order valence-corrected chi connectivity index (χ4v) is 65.0. The SMILES string of the molecule is CC1=C(C)C(C)[C]([Hf]([NH]C23CC4CC(CC(F)(C4)C2)C3)[GeH]([c]2ccccc2)[c]2ccccc2)=C1C.c1ccc(-c2ccccc2)cc1.